The number of hydrogen-bond donors (Lipinski definition) is 1. The van der Waals surface area contributed by atoms with Gasteiger partial charge in [0.1, 0.15) is 9.88 Å². The van der Waals surface area contributed by atoms with E-state index in [1.54, 1.807) is 6.92 Å². The Morgan fingerprint density at radius 3 is 2.45 bits per heavy atom. The highest BCUT2D eigenvalue weighted by Crippen LogP contribution is 2.29. The fourth-order valence-electron chi connectivity index (χ4n) is 3.56. The molecule has 0 unspecified atom stereocenters. The number of anilines is 2. The third-order valence-corrected chi connectivity index (χ3v) is 6.64. The average molecular weight is 466 g/mol. The molecule has 172 valence electrons. The number of amides is 1. The van der Waals surface area contributed by atoms with Crippen LogP contribution in [0.4, 0.5) is 11.4 Å². The Bertz CT molecular complexity index is 1100. The molecular formula is C25H27N3O4S. The number of ether oxygens (including phenoxy) is 2. The van der Waals surface area contributed by atoms with Crippen molar-refractivity contribution in [2.75, 3.05) is 43.1 Å². The van der Waals surface area contributed by atoms with Crippen molar-refractivity contribution in [2.24, 2.45) is 0 Å². The average Bonchev–Trinajstić information content (AvgIpc) is 3.25. The second kappa shape index (κ2) is 10.6. The number of aromatic nitrogens is 1. The van der Waals surface area contributed by atoms with E-state index in [1.807, 2.05) is 36.4 Å². The SMILES string of the molecule is CCc1ccc(-c2nc(C)c(C(=O)OCC(=O)Nc3ccc(N4CCOCC4)cc3)s2)cc1. The lowest BCUT2D eigenvalue weighted by Gasteiger charge is -2.28. The van der Waals surface area contributed by atoms with Gasteiger partial charge in [0.25, 0.3) is 5.91 Å². The molecule has 8 heteroatoms. The van der Waals surface area contributed by atoms with E-state index in [0.717, 1.165) is 49.0 Å². The largest absolute Gasteiger partial charge is 0.451 e. The number of carbonyl (C=O) groups excluding carboxylic acids is 2. The molecule has 4 rings (SSSR count). The van der Waals surface area contributed by atoms with Crippen LogP contribution in [0.25, 0.3) is 10.6 Å². The Hall–Kier alpha value is -3.23. The third kappa shape index (κ3) is 5.77. The van der Waals surface area contributed by atoms with Crippen molar-refractivity contribution in [2.45, 2.75) is 20.3 Å². The molecule has 7 nitrogen and oxygen atoms in total. The van der Waals surface area contributed by atoms with Crippen LogP contribution >= 0.6 is 11.3 Å². The molecule has 0 bridgehead atoms. The highest BCUT2D eigenvalue weighted by molar-refractivity contribution is 7.17. The number of esters is 1. The molecule has 0 saturated carbocycles. The van der Waals surface area contributed by atoms with Crippen molar-refractivity contribution in [3.05, 3.63) is 64.7 Å². The summed E-state index contributed by atoms with van der Waals surface area (Å²) in [6.45, 7) is 6.66. The fraction of sp³-hybridized carbons (Fsp3) is 0.320. The van der Waals surface area contributed by atoms with E-state index in [4.69, 9.17) is 9.47 Å². The summed E-state index contributed by atoms with van der Waals surface area (Å²) < 4.78 is 10.6. The predicted octanol–water partition coefficient (Wildman–Crippen LogP) is 4.31. The van der Waals surface area contributed by atoms with Gasteiger partial charge < -0.3 is 19.7 Å². The first-order valence-electron chi connectivity index (χ1n) is 11.0. The lowest BCUT2D eigenvalue weighted by molar-refractivity contribution is -0.119. The van der Waals surface area contributed by atoms with Crippen LogP contribution in [0, 0.1) is 6.92 Å². The Balaban J connectivity index is 1.31. The van der Waals surface area contributed by atoms with E-state index in [-0.39, 0.29) is 12.5 Å². The number of carbonyl (C=O) groups is 2. The smallest absolute Gasteiger partial charge is 0.350 e. The molecule has 2 heterocycles. The number of aryl methyl sites for hydroxylation is 2. The molecule has 1 N–H and O–H groups in total. The zero-order chi connectivity index (χ0) is 23.2. The molecule has 0 aliphatic carbocycles. The molecule has 1 aliphatic rings. The summed E-state index contributed by atoms with van der Waals surface area (Å²) >= 11 is 1.27. The van der Waals surface area contributed by atoms with Gasteiger partial charge in [-0.15, -0.1) is 11.3 Å². The van der Waals surface area contributed by atoms with Crippen LogP contribution in [0.5, 0.6) is 0 Å². The summed E-state index contributed by atoms with van der Waals surface area (Å²) in [7, 11) is 0. The van der Waals surface area contributed by atoms with Gasteiger partial charge in [0.05, 0.1) is 18.9 Å². The number of rotatable bonds is 7. The molecule has 33 heavy (non-hydrogen) atoms. The van der Waals surface area contributed by atoms with Crippen LogP contribution in [0.1, 0.15) is 27.9 Å². The summed E-state index contributed by atoms with van der Waals surface area (Å²) in [6.07, 6.45) is 0.967. The standard InChI is InChI=1S/C25H27N3O4S/c1-3-18-4-6-19(7-5-18)24-26-17(2)23(33-24)25(30)32-16-22(29)27-20-8-10-21(11-9-20)28-12-14-31-15-13-28/h4-11H,3,12-16H2,1-2H3,(H,27,29). The van der Waals surface area contributed by atoms with Crippen LogP contribution in [-0.4, -0.2) is 49.8 Å². The van der Waals surface area contributed by atoms with Crippen molar-refractivity contribution in [3.63, 3.8) is 0 Å². The van der Waals surface area contributed by atoms with Gasteiger partial charge in [0.15, 0.2) is 6.61 Å². The topological polar surface area (TPSA) is 80.8 Å². The summed E-state index contributed by atoms with van der Waals surface area (Å²) in [5, 5.41) is 3.52. The molecule has 3 aromatic rings. The highest BCUT2D eigenvalue weighted by atomic mass is 32.1. The monoisotopic (exact) mass is 465 g/mol. The van der Waals surface area contributed by atoms with Crippen LogP contribution in [0.2, 0.25) is 0 Å². The summed E-state index contributed by atoms with van der Waals surface area (Å²) in [6, 6.07) is 15.7. The van der Waals surface area contributed by atoms with E-state index in [0.29, 0.717) is 16.3 Å². The van der Waals surface area contributed by atoms with Crippen molar-refractivity contribution in [3.8, 4) is 10.6 Å². The maximum Gasteiger partial charge on any atom is 0.350 e. The summed E-state index contributed by atoms with van der Waals surface area (Å²) in [5.74, 6) is -0.931. The van der Waals surface area contributed by atoms with Crippen LogP contribution in [-0.2, 0) is 20.7 Å². The Morgan fingerprint density at radius 1 is 1.09 bits per heavy atom. The number of morpholine rings is 1. The predicted molar refractivity (Wildman–Crippen MR) is 130 cm³/mol. The first kappa shape index (κ1) is 22.9. The molecule has 0 spiro atoms. The van der Waals surface area contributed by atoms with Crippen LogP contribution in [0.15, 0.2) is 48.5 Å². The van der Waals surface area contributed by atoms with Crippen LogP contribution in [0.3, 0.4) is 0 Å². The number of nitrogens with zero attached hydrogens (tertiary/aromatic N) is 2. The number of nitrogens with one attached hydrogen (secondary N) is 1. The number of hydrogen-bond acceptors (Lipinski definition) is 7. The van der Waals surface area contributed by atoms with Crippen molar-refractivity contribution in [1.82, 2.24) is 4.98 Å². The Kier molecular flexibility index (Phi) is 7.36. The maximum absolute atomic E-state index is 12.5. The molecule has 2 aromatic carbocycles. The molecular weight excluding hydrogens is 438 g/mol. The van der Waals surface area contributed by atoms with Gasteiger partial charge in [-0.1, -0.05) is 31.2 Å². The molecule has 1 fully saturated rings. The minimum Gasteiger partial charge on any atom is -0.451 e. The van der Waals surface area contributed by atoms with Gasteiger partial charge in [-0.3, -0.25) is 4.79 Å². The second-order valence-electron chi connectivity index (χ2n) is 7.75. The summed E-state index contributed by atoms with van der Waals surface area (Å²) in [5.41, 5.74) is 4.54. The Labute approximate surface area is 197 Å². The minimum absolute atomic E-state index is 0.359. The zero-order valence-corrected chi connectivity index (χ0v) is 19.6. The van der Waals surface area contributed by atoms with Gasteiger partial charge in [0, 0.05) is 30.0 Å². The van der Waals surface area contributed by atoms with Gasteiger partial charge in [0.2, 0.25) is 0 Å². The molecule has 0 radical (unpaired) electrons. The molecule has 1 aromatic heterocycles. The fourth-order valence-corrected chi connectivity index (χ4v) is 4.53. The van der Waals surface area contributed by atoms with Crippen molar-refractivity contribution < 1.29 is 19.1 Å². The lowest BCUT2D eigenvalue weighted by atomic mass is 10.1. The number of thiazole rings is 1. The number of benzene rings is 2. The van der Waals surface area contributed by atoms with E-state index in [2.05, 4.69) is 34.3 Å². The molecule has 1 amide bonds. The van der Waals surface area contributed by atoms with E-state index in [9.17, 15) is 9.59 Å². The van der Waals surface area contributed by atoms with E-state index < -0.39 is 5.97 Å². The highest BCUT2D eigenvalue weighted by Gasteiger charge is 2.19. The second-order valence-corrected chi connectivity index (χ2v) is 8.75. The first-order chi connectivity index (χ1) is 16.0. The van der Waals surface area contributed by atoms with Crippen LogP contribution < -0.4 is 10.2 Å². The van der Waals surface area contributed by atoms with Gasteiger partial charge >= 0.3 is 5.97 Å². The van der Waals surface area contributed by atoms with Crippen molar-refractivity contribution in [1.29, 1.82) is 0 Å². The van der Waals surface area contributed by atoms with Gasteiger partial charge in [-0.05, 0) is 43.2 Å². The quantitative estimate of drug-likeness (QED) is 0.524. The third-order valence-electron chi connectivity index (χ3n) is 5.45. The van der Waals surface area contributed by atoms with Gasteiger partial charge in [-0.2, -0.15) is 0 Å². The normalized spacial score (nSPS) is 13.6. The maximum atomic E-state index is 12.5. The Morgan fingerprint density at radius 2 is 1.79 bits per heavy atom. The molecule has 1 aliphatic heterocycles. The molecule has 1 saturated heterocycles. The lowest BCUT2D eigenvalue weighted by Crippen LogP contribution is -2.36. The zero-order valence-electron chi connectivity index (χ0n) is 18.8. The van der Waals surface area contributed by atoms with E-state index in [1.165, 1.54) is 16.9 Å². The van der Waals surface area contributed by atoms with Gasteiger partial charge in [-0.25, -0.2) is 9.78 Å². The van der Waals surface area contributed by atoms with Crippen molar-refractivity contribution >= 4 is 34.6 Å². The first-order valence-corrected chi connectivity index (χ1v) is 11.8. The molecule has 0 atom stereocenters. The minimum atomic E-state index is -0.542. The summed E-state index contributed by atoms with van der Waals surface area (Å²) in [4.78, 5) is 32.0. The van der Waals surface area contributed by atoms with E-state index >= 15 is 0 Å².